The maximum Gasteiger partial charge on any atom is 0.264 e. The van der Waals surface area contributed by atoms with E-state index in [1.807, 2.05) is 37.5 Å². The van der Waals surface area contributed by atoms with Crippen molar-refractivity contribution >= 4 is 67.9 Å². The highest BCUT2D eigenvalue weighted by Crippen LogP contribution is 2.33. The molecular formula is C20H17N5O2S2. The van der Waals surface area contributed by atoms with Crippen molar-refractivity contribution in [1.82, 2.24) is 14.9 Å². The Morgan fingerprint density at radius 1 is 1.38 bits per heavy atom. The number of nitrogens with one attached hydrogen (secondary N) is 2. The predicted octanol–water partition coefficient (Wildman–Crippen LogP) is 3.87. The normalized spacial score (nSPS) is 19.3. The predicted molar refractivity (Wildman–Crippen MR) is 117 cm³/mol. The Bertz CT molecular complexity index is 1200. The van der Waals surface area contributed by atoms with Crippen molar-refractivity contribution in [2.24, 2.45) is 18.0 Å². The molecule has 5 rings (SSSR count). The van der Waals surface area contributed by atoms with Gasteiger partial charge in [0.1, 0.15) is 0 Å². The highest BCUT2D eigenvalue weighted by atomic mass is 32.2. The zero-order valence-electron chi connectivity index (χ0n) is 15.5. The van der Waals surface area contributed by atoms with Crippen LogP contribution in [0.5, 0.6) is 0 Å². The summed E-state index contributed by atoms with van der Waals surface area (Å²) in [6.07, 6.45) is 7.33. The van der Waals surface area contributed by atoms with Crippen molar-refractivity contribution in [3.63, 3.8) is 0 Å². The molecule has 1 saturated carbocycles. The molecule has 146 valence electrons. The summed E-state index contributed by atoms with van der Waals surface area (Å²) in [4.78, 5) is 34.3. The lowest BCUT2D eigenvalue weighted by Gasteiger charge is -1.99. The van der Waals surface area contributed by atoms with Crippen LogP contribution >= 0.6 is 23.1 Å². The maximum absolute atomic E-state index is 12.3. The first-order valence-corrected chi connectivity index (χ1v) is 10.8. The lowest BCUT2D eigenvalue weighted by atomic mass is 10.2. The van der Waals surface area contributed by atoms with Crippen LogP contribution in [-0.2, 0) is 16.6 Å². The molecule has 1 saturated heterocycles. The van der Waals surface area contributed by atoms with Gasteiger partial charge in [-0.3, -0.25) is 9.59 Å². The number of benzene rings is 1. The molecule has 0 atom stereocenters. The summed E-state index contributed by atoms with van der Waals surface area (Å²) in [5.74, 6) is -0.0337. The van der Waals surface area contributed by atoms with E-state index in [1.165, 1.54) is 23.1 Å². The molecule has 2 fully saturated rings. The quantitative estimate of drug-likeness (QED) is 0.624. The molecule has 1 aromatic carbocycles. The Hall–Kier alpha value is -2.91. The average molecular weight is 424 g/mol. The third kappa shape index (κ3) is 3.83. The number of fused-ring (bicyclic) bond motifs is 1. The van der Waals surface area contributed by atoms with Gasteiger partial charge in [0.25, 0.3) is 5.91 Å². The monoisotopic (exact) mass is 423 g/mol. The van der Waals surface area contributed by atoms with E-state index < -0.39 is 0 Å². The van der Waals surface area contributed by atoms with Crippen LogP contribution in [0.1, 0.15) is 17.7 Å². The number of thiazole rings is 1. The number of amidine groups is 1. The summed E-state index contributed by atoms with van der Waals surface area (Å²) in [6, 6.07) is 7.98. The van der Waals surface area contributed by atoms with Gasteiger partial charge >= 0.3 is 0 Å². The number of carbonyl (C=O) groups excluding carboxylic acids is 2. The highest BCUT2D eigenvalue weighted by molar-refractivity contribution is 8.18. The van der Waals surface area contributed by atoms with Gasteiger partial charge in [-0.25, -0.2) is 9.98 Å². The summed E-state index contributed by atoms with van der Waals surface area (Å²) < 4.78 is 2.05. The van der Waals surface area contributed by atoms with E-state index >= 15 is 0 Å². The van der Waals surface area contributed by atoms with Gasteiger partial charge in [0.05, 0.1) is 15.5 Å². The number of hydrogen-bond donors (Lipinski definition) is 2. The van der Waals surface area contributed by atoms with Gasteiger partial charge in [0, 0.05) is 36.3 Å². The van der Waals surface area contributed by atoms with E-state index in [0.29, 0.717) is 15.2 Å². The van der Waals surface area contributed by atoms with E-state index in [2.05, 4.69) is 25.2 Å². The smallest absolute Gasteiger partial charge is 0.264 e. The third-order valence-electron chi connectivity index (χ3n) is 4.73. The molecule has 0 radical (unpaired) electrons. The van der Waals surface area contributed by atoms with Crippen LogP contribution in [0.25, 0.3) is 17.0 Å². The van der Waals surface area contributed by atoms with Crippen LogP contribution < -0.4 is 10.6 Å². The lowest BCUT2D eigenvalue weighted by molar-refractivity contribution is -0.117. The summed E-state index contributed by atoms with van der Waals surface area (Å²) in [7, 11) is 2.00. The van der Waals surface area contributed by atoms with E-state index in [0.717, 1.165) is 34.3 Å². The van der Waals surface area contributed by atoms with Gasteiger partial charge in [-0.05, 0) is 54.9 Å². The van der Waals surface area contributed by atoms with Crippen LogP contribution in [0.4, 0.5) is 10.8 Å². The van der Waals surface area contributed by atoms with E-state index in [4.69, 9.17) is 0 Å². The van der Waals surface area contributed by atoms with Crippen LogP contribution in [0.2, 0.25) is 0 Å². The molecule has 1 aliphatic heterocycles. The van der Waals surface area contributed by atoms with E-state index in [1.54, 1.807) is 12.3 Å². The number of amides is 2. The molecule has 9 heteroatoms. The number of anilines is 1. The second-order valence-corrected chi connectivity index (χ2v) is 9.08. The molecule has 7 nitrogen and oxygen atoms in total. The van der Waals surface area contributed by atoms with Gasteiger partial charge in [0.2, 0.25) is 5.91 Å². The zero-order chi connectivity index (χ0) is 20.0. The molecule has 29 heavy (non-hydrogen) atoms. The molecule has 3 heterocycles. The molecule has 2 amide bonds. The molecule has 3 aromatic rings. The minimum atomic E-state index is -0.188. The minimum absolute atomic E-state index is 0.0244. The largest absolute Gasteiger partial charge is 0.351 e. The van der Waals surface area contributed by atoms with Crippen molar-refractivity contribution in [2.45, 2.75) is 12.8 Å². The van der Waals surface area contributed by atoms with Gasteiger partial charge in [0.15, 0.2) is 10.3 Å². The molecule has 0 unspecified atom stereocenters. The summed E-state index contributed by atoms with van der Waals surface area (Å²) in [5, 5.41) is 7.83. The summed E-state index contributed by atoms with van der Waals surface area (Å²) >= 11 is 2.64. The fourth-order valence-corrected chi connectivity index (χ4v) is 4.70. The first kappa shape index (κ1) is 18.1. The topological polar surface area (TPSA) is 88.4 Å². The van der Waals surface area contributed by atoms with Gasteiger partial charge in [-0.2, -0.15) is 0 Å². The number of aliphatic imine (C=N–C) groups is 1. The molecule has 0 bridgehead atoms. The van der Waals surface area contributed by atoms with E-state index in [-0.39, 0.29) is 17.7 Å². The standard InChI is InChI=1S/C20H17N5O2S2/c1-25-7-6-12-8-13(4-5-15(12)25)22-20-24-18(27)16(29-20)9-14-10-21-19(28-14)23-17(26)11-2-3-11/h4-11H,2-3H2,1H3,(H,21,23,26)(H,22,24,27). The average Bonchev–Trinajstić information content (AvgIpc) is 3.25. The number of aromatic nitrogens is 2. The van der Waals surface area contributed by atoms with Crippen LogP contribution in [0.15, 0.2) is 46.6 Å². The molecule has 0 spiro atoms. The van der Waals surface area contributed by atoms with Crippen molar-refractivity contribution in [3.05, 3.63) is 46.4 Å². The fourth-order valence-electron chi connectivity index (χ4n) is 3.03. The lowest BCUT2D eigenvalue weighted by Crippen LogP contribution is -2.19. The van der Waals surface area contributed by atoms with Gasteiger partial charge < -0.3 is 15.2 Å². The molecule has 2 aliphatic rings. The van der Waals surface area contributed by atoms with Gasteiger partial charge in [-0.15, -0.1) is 0 Å². The molecule has 2 aromatic heterocycles. The SMILES string of the molecule is Cn1ccc2cc(N=C3NC(=O)C(=Cc4cnc(NC(=O)C5CC5)s4)S3)ccc21. The minimum Gasteiger partial charge on any atom is -0.351 e. The number of hydrogen-bond acceptors (Lipinski definition) is 6. The van der Waals surface area contributed by atoms with Crippen LogP contribution in [0, 0.1) is 5.92 Å². The van der Waals surface area contributed by atoms with Crippen LogP contribution in [-0.4, -0.2) is 26.5 Å². The molecule has 1 aliphatic carbocycles. The van der Waals surface area contributed by atoms with Crippen molar-refractivity contribution in [3.8, 4) is 0 Å². The van der Waals surface area contributed by atoms with Crippen molar-refractivity contribution in [1.29, 1.82) is 0 Å². The second kappa shape index (κ2) is 7.16. The fraction of sp³-hybridized carbons (Fsp3) is 0.200. The van der Waals surface area contributed by atoms with E-state index in [9.17, 15) is 9.59 Å². The summed E-state index contributed by atoms with van der Waals surface area (Å²) in [6.45, 7) is 0. The zero-order valence-corrected chi connectivity index (χ0v) is 17.1. The summed E-state index contributed by atoms with van der Waals surface area (Å²) in [5.41, 5.74) is 1.92. The van der Waals surface area contributed by atoms with Crippen molar-refractivity contribution < 1.29 is 9.59 Å². The highest BCUT2D eigenvalue weighted by Gasteiger charge is 2.30. The Labute approximate surface area is 174 Å². The first-order valence-electron chi connectivity index (χ1n) is 9.16. The number of aryl methyl sites for hydroxylation is 1. The Morgan fingerprint density at radius 2 is 2.24 bits per heavy atom. The van der Waals surface area contributed by atoms with Gasteiger partial charge in [-0.1, -0.05) is 11.3 Å². The maximum atomic E-state index is 12.3. The first-order chi connectivity index (χ1) is 14.0. The Kier molecular flexibility index (Phi) is 4.48. The number of nitrogens with zero attached hydrogens (tertiary/aromatic N) is 3. The van der Waals surface area contributed by atoms with Crippen LogP contribution in [0.3, 0.4) is 0 Å². The Balaban J connectivity index is 1.32. The number of rotatable bonds is 4. The second-order valence-electron chi connectivity index (χ2n) is 6.98. The Morgan fingerprint density at radius 3 is 3.07 bits per heavy atom. The molecule has 2 N–H and O–H groups in total. The number of thioether (sulfide) groups is 1. The number of carbonyl (C=O) groups is 2. The van der Waals surface area contributed by atoms with Crippen molar-refractivity contribution in [2.75, 3.05) is 5.32 Å². The third-order valence-corrected chi connectivity index (χ3v) is 6.50. The molecular weight excluding hydrogens is 406 g/mol.